The van der Waals surface area contributed by atoms with Gasteiger partial charge in [-0.3, -0.25) is 0 Å². The monoisotopic (exact) mass is 267 g/mol. The molecular formula is C14H21NO4. The van der Waals surface area contributed by atoms with Crippen molar-refractivity contribution in [2.45, 2.75) is 44.2 Å². The third kappa shape index (κ3) is 3.58. The van der Waals surface area contributed by atoms with E-state index in [9.17, 15) is 9.90 Å². The lowest BCUT2D eigenvalue weighted by Crippen LogP contribution is -2.42. The average molecular weight is 267 g/mol. The molecule has 1 heterocycles. The largest absolute Gasteiger partial charge is 0.463 e. The van der Waals surface area contributed by atoms with E-state index < -0.39 is 11.6 Å². The van der Waals surface area contributed by atoms with Crippen LogP contribution in [0.5, 0.6) is 0 Å². The normalized spacial score (nSPS) is 18.2. The van der Waals surface area contributed by atoms with Crippen molar-refractivity contribution in [2.75, 3.05) is 13.7 Å². The number of methoxy groups -OCH3 is 1. The van der Waals surface area contributed by atoms with Crippen LogP contribution in [-0.4, -0.2) is 30.3 Å². The van der Waals surface area contributed by atoms with E-state index in [1.807, 2.05) is 0 Å². The van der Waals surface area contributed by atoms with Crippen molar-refractivity contribution in [3.05, 3.63) is 23.7 Å². The molecule has 0 spiro atoms. The molecule has 2 rings (SSSR count). The Hall–Kier alpha value is -1.33. The summed E-state index contributed by atoms with van der Waals surface area (Å²) in [5, 5.41) is 13.5. The summed E-state index contributed by atoms with van der Waals surface area (Å²) in [7, 11) is 1.33. The Labute approximate surface area is 112 Å². The topological polar surface area (TPSA) is 71.7 Å². The van der Waals surface area contributed by atoms with E-state index in [4.69, 9.17) is 4.42 Å². The van der Waals surface area contributed by atoms with Crippen molar-refractivity contribution >= 4 is 5.97 Å². The minimum absolute atomic E-state index is 0.227. The molecule has 5 nitrogen and oxygen atoms in total. The summed E-state index contributed by atoms with van der Waals surface area (Å²) in [6, 6.07) is 1.74. The van der Waals surface area contributed by atoms with Gasteiger partial charge in [-0.15, -0.1) is 0 Å². The van der Waals surface area contributed by atoms with E-state index in [0.29, 0.717) is 13.1 Å². The molecule has 1 aromatic heterocycles. The lowest BCUT2D eigenvalue weighted by Gasteiger charge is -2.32. The number of hydrogen-bond acceptors (Lipinski definition) is 5. The maximum Gasteiger partial charge on any atom is 0.374 e. The van der Waals surface area contributed by atoms with Crippen LogP contribution in [0.4, 0.5) is 0 Å². The lowest BCUT2D eigenvalue weighted by atomic mass is 9.85. The molecule has 1 aliphatic carbocycles. The molecule has 19 heavy (non-hydrogen) atoms. The van der Waals surface area contributed by atoms with Gasteiger partial charge in [0.05, 0.1) is 19.0 Å². The van der Waals surface area contributed by atoms with Crippen molar-refractivity contribution in [1.29, 1.82) is 0 Å². The predicted molar refractivity (Wildman–Crippen MR) is 69.8 cm³/mol. The van der Waals surface area contributed by atoms with Crippen molar-refractivity contribution in [3.63, 3.8) is 0 Å². The number of nitrogens with one attached hydrogen (secondary N) is 1. The number of rotatable bonds is 5. The highest BCUT2D eigenvalue weighted by atomic mass is 16.5. The number of hydrogen-bond donors (Lipinski definition) is 2. The van der Waals surface area contributed by atoms with E-state index in [0.717, 1.165) is 31.2 Å². The zero-order valence-corrected chi connectivity index (χ0v) is 11.3. The van der Waals surface area contributed by atoms with Gasteiger partial charge in [-0.1, -0.05) is 19.3 Å². The quantitative estimate of drug-likeness (QED) is 0.797. The van der Waals surface area contributed by atoms with Crippen molar-refractivity contribution in [3.8, 4) is 0 Å². The fourth-order valence-corrected chi connectivity index (χ4v) is 2.56. The Bertz CT molecular complexity index is 421. The fourth-order valence-electron chi connectivity index (χ4n) is 2.56. The van der Waals surface area contributed by atoms with Gasteiger partial charge in [0.1, 0.15) is 0 Å². The molecule has 1 aliphatic rings. The molecule has 2 N–H and O–H groups in total. The summed E-state index contributed by atoms with van der Waals surface area (Å²) in [6.07, 6.45) is 6.52. The first-order valence-corrected chi connectivity index (χ1v) is 6.72. The van der Waals surface area contributed by atoms with Crippen LogP contribution in [0.25, 0.3) is 0 Å². The van der Waals surface area contributed by atoms with Crippen LogP contribution in [0, 0.1) is 0 Å². The summed E-state index contributed by atoms with van der Waals surface area (Å²) in [5.74, 6) is -0.246. The molecule has 0 aliphatic heterocycles. The Morgan fingerprint density at radius 1 is 1.47 bits per heavy atom. The van der Waals surface area contributed by atoms with E-state index in [1.165, 1.54) is 19.8 Å². The molecule has 0 bridgehead atoms. The minimum Gasteiger partial charge on any atom is -0.463 e. The van der Waals surface area contributed by atoms with Gasteiger partial charge in [0.2, 0.25) is 5.76 Å². The molecule has 5 heteroatoms. The lowest BCUT2D eigenvalue weighted by molar-refractivity contribution is 0.00465. The number of carbonyl (C=O) groups is 1. The zero-order chi connectivity index (χ0) is 13.7. The van der Waals surface area contributed by atoms with Gasteiger partial charge in [-0.25, -0.2) is 4.79 Å². The van der Waals surface area contributed by atoms with Crippen LogP contribution >= 0.6 is 0 Å². The minimum atomic E-state index is -0.604. The summed E-state index contributed by atoms with van der Waals surface area (Å²) >= 11 is 0. The first-order chi connectivity index (χ1) is 9.14. The Balaban J connectivity index is 1.85. The Morgan fingerprint density at radius 3 is 2.89 bits per heavy atom. The molecule has 0 aromatic carbocycles. The van der Waals surface area contributed by atoms with Crippen LogP contribution < -0.4 is 5.32 Å². The van der Waals surface area contributed by atoms with E-state index >= 15 is 0 Å². The van der Waals surface area contributed by atoms with Gasteiger partial charge < -0.3 is 19.6 Å². The van der Waals surface area contributed by atoms with Crippen LogP contribution in [0.15, 0.2) is 16.7 Å². The SMILES string of the molecule is COC(=O)c1occc1CNCC1(O)CCCCC1. The Morgan fingerprint density at radius 2 is 2.21 bits per heavy atom. The molecule has 1 fully saturated rings. The first-order valence-electron chi connectivity index (χ1n) is 6.72. The number of carbonyl (C=O) groups excluding carboxylic acids is 1. The highest BCUT2D eigenvalue weighted by Gasteiger charge is 2.28. The van der Waals surface area contributed by atoms with Gasteiger partial charge in [-0.05, 0) is 18.9 Å². The highest BCUT2D eigenvalue weighted by Crippen LogP contribution is 2.27. The molecule has 1 saturated carbocycles. The van der Waals surface area contributed by atoms with E-state index in [-0.39, 0.29) is 5.76 Å². The van der Waals surface area contributed by atoms with Crippen LogP contribution in [-0.2, 0) is 11.3 Å². The number of aliphatic hydroxyl groups is 1. The molecule has 0 amide bonds. The molecule has 1 aromatic rings. The zero-order valence-electron chi connectivity index (χ0n) is 11.3. The number of esters is 1. The fraction of sp³-hybridized carbons (Fsp3) is 0.643. The molecule has 0 atom stereocenters. The highest BCUT2D eigenvalue weighted by molar-refractivity contribution is 5.87. The average Bonchev–Trinajstić information content (AvgIpc) is 2.87. The first kappa shape index (κ1) is 14.1. The third-order valence-corrected chi connectivity index (χ3v) is 3.67. The van der Waals surface area contributed by atoms with Gasteiger partial charge in [-0.2, -0.15) is 0 Å². The van der Waals surface area contributed by atoms with Crippen LogP contribution in [0.1, 0.15) is 48.2 Å². The van der Waals surface area contributed by atoms with Gasteiger partial charge in [0, 0.05) is 18.7 Å². The van der Waals surface area contributed by atoms with Crippen molar-refractivity contribution in [1.82, 2.24) is 5.32 Å². The maximum atomic E-state index is 11.4. The van der Waals surface area contributed by atoms with Gasteiger partial charge >= 0.3 is 5.97 Å². The number of ether oxygens (including phenoxy) is 1. The van der Waals surface area contributed by atoms with Gasteiger partial charge in [0.25, 0.3) is 0 Å². The second kappa shape index (κ2) is 6.21. The molecular weight excluding hydrogens is 246 g/mol. The number of furan rings is 1. The summed E-state index contributed by atoms with van der Waals surface area (Å²) in [4.78, 5) is 11.4. The molecule has 106 valence electrons. The summed E-state index contributed by atoms with van der Waals surface area (Å²) in [6.45, 7) is 1.03. The maximum absolute atomic E-state index is 11.4. The van der Waals surface area contributed by atoms with Gasteiger partial charge in [0.15, 0.2) is 0 Å². The van der Waals surface area contributed by atoms with Crippen LogP contribution in [0.2, 0.25) is 0 Å². The van der Waals surface area contributed by atoms with E-state index in [2.05, 4.69) is 10.1 Å². The smallest absolute Gasteiger partial charge is 0.374 e. The third-order valence-electron chi connectivity index (χ3n) is 3.67. The molecule has 0 saturated heterocycles. The second-order valence-electron chi connectivity index (χ2n) is 5.16. The van der Waals surface area contributed by atoms with E-state index in [1.54, 1.807) is 6.07 Å². The Kier molecular flexibility index (Phi) is 4.61. The summed E-state index contributed by atoms with van der Waals surface area (Å²) < 4.78 is 9.75. The second-order valence-corrected chi connectivity index (χ2v) is 5.16. The van der Waals surface area contributed by atoms with Crippen LogP contribution in [0.3, 0.4) is 0 Å². The van der Waals surface area contributed by atoms with Crippen molar-refractivity contribution < 1.29 is 19.1 Å². The summed E-state index contributed by atoms with van der Waals surface area (Å²) in [5.41, 5.74) is 0.152. The molecule has 0 radical (unpaired) electrons. The standard InChI is InChI=1S/C14H21NO4/c1-18-13(16)12-11(5-8-19-12)9-15-10-14(17)6-3-2-4-7-14/h5,8,15,17H,2-4,6-7,9-10H2,1H3. The van der Waals surface area contributed by atoms with Crippen molar-refractivity contribution in [2.24, 2.45) is 0 Å². The predicted octanol–water partition coefficient (Wildman–Crippen LogP) is 1.85. The molecule has 0 unspecified atom stereocenters.